The van der Waals surface area contributed by atoms with E-state index in [-0.39, 0.29) is 29.7 Å². The lowest BCUT2D eigenvalue weighted by Crippen LogP contribution is -2.36. The Morgan fingerprint density at radius 2 is 1.60 bits per heavy atom. The monoisotopic (exact) mass is 409 g/mol. The van der Waals surface area contributed by atoms with Gasteiger partial charge in [-0.25, -0.2) is 0 Å². The third-order valence-corrected chi connectivity index (χ3v) is 4.60. The fourth-order valence-electron chi connectivity index (χ4n) is 2.86. The normalized spacial score (nSPS) is 10.9. The first-order valence-electron chi connectivity index (χ1n) is 10.2. The van der Waals surface area contributed by atoms with E-state index in [4.69, 9.17) is 0 Å². The smallest absolute Gasteiger partial charge is 0.251 e. The van der Waals surface area contributed by atoms with Gasteiger partial charge >= 0.3 is 0 Å². The summed E-state index contributed by atoms with van der Waals surface area (Å²) in [4.78, 5) is 36.0. The minimum Gasteiger partial charge on any atom is -0.350 e. The van der Waals surface area contributed by atoms with Gasteiger partial charge in [0.25, 0.3) is 5.91 Å². The van der Waals surface area contributed by atoms with E-state index < -0.39 is 0 Å². The maximum Gasteiger partial charge on any atom is 0.251 e. The van der Waals surface area contributed by atoms with Crippen LogP contribution in [0.3, 0.4) is 0 Å². The highest BCUT2D eigenvalue weighted by molar-refractivity contribution is 5.96. The molecular weight excluding hydrogens is 378 g/mol. The average molecular weight is 410 g/mol. The van der Waals surface area contributed by atoms with Gasteiger partial charge in [-0.2, -0.15) is 0 Å². The van der Waals surface area contributed by atoms with Gasteiger partial charge in [-0.3, -0.25) is 14.4 Å². The number of carbonyl (C=O) groups is 3. The van der Waals surface area contributed by atoms with E-state index in [1.807, 2.05) is 43.3 Å². The summed E-state index contributed by atoms with van der Waals surface area (Å²) in [6, 6.07) is 14.7. The molecule has 2 aromatic rings. The molecule has 30 heavy (non-hydrogen) atoms. The Morgan fingerprint density at radius 1 is 0.900 bits per heavy atom. The van der Waals surface area contributed by atoms with Gasteiger partial charge in [-0.05, 0) is 47.2 Å². The van der Waals surface area contributed by atoms with Gasteiger partial charge in [0, 0.05) is 24.2 Å². The van der Waals surface area contributed by atoms with Gasteiger partial charge in [0.05, 0.1) is 6.54 Å². The van der Waals surface area contributed by atoms with E-state index in [1.165, 1.54) is 0 Å². The van der Waals surface area contributed by atoms with E-state index in [0.717, 1.165) is 17.5 Å². The van der Waals surface area contributed by atoms with Gasteiger partial charge in [0.2, 0.25) is 11.8 Å². The van der Waals surface area contributed by atoms with E-state index in [1.54, 1.807) is 12.1 Å². The number of hydrogen-bond donors (Lipinski definition) is 3. The Labute approximate surface area is 178 Å². The summed E-state index contributed by atoms with van der Waals surface area (Å²) in [6.07, 6.45) is 1.26. The van der Waals surface area contributed by atoms with Crippen molar-refractivity contribution in [1.29, 1.82) is 0 Å². The molecule has 6 nitrogen and oxygen atoms in total. The first-order chi connectivity index (χ1) is 14.2. The van der Waals surface area contributed by atoms with Gasteiger partial charge < -0.3 is 16.0 Å². The molecule has 0 bridgehead atoms. The molecular formula is C24H31N3O3. The summed E-state index contributed by atoms with van der Waals surface area (Å²) in [5.74, 6) is -0.599. The third-order valence-electron chi connectivity index (χ3n) is 4.60. The van der Waals surface area contributed by atoms with Crippen LogP contribution in [-0.2, 0) is 21.5 Å². The van der Waals surface area contributed by atoms with E-state index in [9.17, 15) is 14.4 Å². The molecule has 0 radical (unpaired) electrons. The van der Waals surface area contributed by atoms with Crippen LogP contribution < -0.4 is 16.0 Å². The first kappa shape index (κ1) is 23.1. The predicted molar refractivity (Wildman–Crippen MR) is 119 cm³/mol. The van der Waals surface area contributed by atoms with Gasteiger partial charge in [0.15, 0.2) is 0 Å². The van der Waals surface area contributed by atoms with Crippen LogP contribution in [0.25, 0.3) is 0 Å². The quantitative estimate of drug-likeness (QED) is 0.620. The number of rotatable bonds is 8. The number of amides is 3. The highest BCUT2D eigenvalue weighted by atomic mass is 16.2. The molecule has 0 spiro atoms. The lowest BCUT2D eigenvalue weighted by atomic mass is 9.87. The topological polar surface area (TPSA) is 87.3 Å². The number of hydrogen-bond acceptors (Lipinski definition) is 3. The number of anilines is 1. The SMILES string of the molecule is CCCC(=O)Nc1cccc(CNC(=O)CNC(=O)c2ccc(C(C)(C)C)cc2)c1. The molecule has 0 fully saturated rings. The summed E-state index contributed by atoms with van der Waals surface area (Å²) in [6.45, 7) is 8.49. The molecule has 2 rings (SSSR count). The molecule has 0 aromatic heterocycles. The predicted octanol–water partition coefficient (Wildman–Crippen LogP) is 3.77. The summed E-state index contributed by atoms with van der Waals surface area (Å²) in [5.41, 5.74) is 3.25. The Morgan fingerprint density at radius 3 is 2.23 bits per heavy atom. The van der Waals surface area contributed by atoms with Crippen LogP contribution in [0.5, 0.6) is 0 Å². The van der Waals surface area contributed by atoms with Crippen molar-refractivity contribution in [3.63, 3.8) is 0 Å². The molecule has 3 amide bonds. The van der Waals surface area contributed by atoms with Crippen molar-refractivity contribution < 1.29 is 14.4 Å². The van der Waals surface area contributed by atoms with Crippen molar-refractivity contribution in [3.05, 3.63) is 65.2 Å². The second-order valence-electron chi connectivity index (χ2n) is 8.29. The molecule has 0 aliphatic heterocycles. The fraction of sp³-hybridized carbons (Fsp3) is 0.375. The van der Waals surface area contributed by atoms with E-state index in [2.05, 4.69) is 36.7 Å². The largest absolute Gasteiger partial charge is 0.350 e. The molecule has 0 atom stereocenters. The van der Waals surface area contributed by atoms with Crippen LogP contribution in [0.4, 0.5) is 5.69 Å². The minimum atomic E-state index is -0.286. The molecule has 0 saturated carbocycles. The summed E-state index contributed by atoms with van der Waals surface area (Å²) < 4.78 is 0. The van der Waals surface area contributed by atoms with Gasteiger partial charge in [0.1, 0.15) is 0 Å². The molecule has 160 valence electrons. The van der Waals surface area contributed by atoms with Crippen LogP contribution >= 0.6 is 0 Å². The van der Waals surface area contributed by atoms with Crippen LogP contribution in [0.2, 0.25) is 0 Å². The zero-order valence-corrected chi connectivity index (χ0v) is 18.2. The van der Waals surface area contributed by atoms with Crippen molar-refractivity contribution in [3.8, 4) is 0 Å². The van der Waals surface area contributed by atoms with Crippen molar-refractivity contribution in [2.75, 3.05) is 11.9 Å². The van der Waals surface area contributed by atoms with Crippen LogP contribution in [0.15, 0.2) is 48.5 Å². The van der Waals surface area contributed by atoms with Crippen LogP contribution in [-0.4, -0.2) is 24.3 Å². The van der Waals surface area contributed by atoms with Crippen molar-refractivity contribution >= 4 is 23.4 Å². The summed E-state index contributed by atoms with van der Waals surface area (Å²) >= 11 is 0. The molecule has 0 aliphatic carbocycles. The van der Waals surface area contributed by atoms with Crippen LogP contribution in [0, 0.1) is 0 Å². The molecule has 3 N–H and O–H groups in total. The van der Waals surface area contributed by atoms with Gasteiger partial charge in [-0.15, -0.1) is 0 Å². The molecule has 0 aliphatic rings. The number of carbonyl (C=O) groups excluding carboxylic acids is 3. The molecule has 0 saturated heterocycles. The second kappa shape index (κ2) is 10.6. The minimum absolute atomic E-state index is 0.0189. The molecule has 0 heterocycles. The number of benzene rings is 2. The Kier molecular flexibility index (Phi) is 8.16. The molecule has 0 unspecified atom stereocenters. The van der Waals surface area contributed by atoms with Gasteiger partial charge in [-0.1, -0.05) is 52.0 Å². The maximum atomic E-state index is 12.3. The Balaban J connectivity index is 1.81. The Hall–Kier alpha value is -3.15. The average Bonchev–Trinajstić information content (AvgIpc) is 2.70. The zero-order chi connectivity index (χ0) is 22.1. The highest BCUT2D eigenvalue weighted by Gasteiger charge is 2.14. The third kappa shape index (κ3) is 7.35. The van der Waals surface area contributed by atoms with Crippen LogP contribution in [0.1, 0.15) is 62.0 Å². The van der Waals surface area contributed by atoms with Crippen molar-refractivity contribution in [2.45, 2.75) is 52.5 Å². The molecule has 2 aromatic carbocycles. The second-order valence-corrected chi connectivity index (χ2v) is 8.29. The highest BCUT2D eigenvalue weighted by Crippen LogP contribution is 2.22. The van der Waals surface area contributed by atoms with E-state index in [0.29, 0.717) is 24.2 Å². The first-order valence-corrected chi connectivity index (χ1v) is 10.2. The molecule has 6 heteroatoms. The van der Waals surface area contributed by atoms with Crippen molar-refractivity contribution in [1.82, 2.24) is 10.6 Å². The number of nitrogens with one attached hydrogen (secondary N) is 3. The zero-order valence-electron chi connectivity index (χ0n) is 18.2. The lowest BCUT2D eigenvalue weighted by Gasteiger charge is -2.19. The maximum absolute atomic E-state index is 12.3. The summed E-state index contributed by atoms with van der Waals surface area (Å²) in [5, 5.41) is 8.24. The van der Waals surface area contributed by atoms with E-state index >= 15 is 0 Å². The lowest BCUT2D eigenvalue weighted by molar-refractivity contribution is -0.120. The Bertz CT molecular complexity index is 883. The summed E-state index contributed by atoms with van der Waals surface area (Å²) in [7, 11) is 0. The van der Waals surface area contributed by atoms with Crippen molar-refractivity contribution in [2.24, 2.45) is 0 Å². The standard InChI is InChI=1S/C24H31N3O3/c1-5-7-21(28)27-20-9-6-8-17(14-20)15-25-22(29)16-26-23(30)18-10-12-19(13-11-18)24(2,3)4/h6,8-14H,5,7,15-16H2,1-4H3,(H,25,29)(H,26,30)(H,27,28). The fourth-order valence-corrected chi connectivity index (χ4v) is 2.86.